The number of ether oxygens (including phenoxy) is 1. The van der Waals surface area contributed by atoms with Crippen LogP contribution < -0.4 is 10.6 Å². The molecule has 5 heteroatoms. The lowest BCUT2D eigenvalue weighted by molar-refractivity contribution is -0.123. The average Bonchev–Trinajstić information content (AvgIpc) is 2.29. The molecule has 4 nitrogen and oxygen atoms in total. The summed E-state index contributed by atoms with van der Waals surface area (Å²) in [4.78, 5) is 11.2. The molecule has 0 aromatic rings. The third-order valence-corrected chi connectivity index (χ3v) is 2.53. The fourth-order valence-corrected chi connectivity index (χ4v) is 1.82. The van der Waals surface area contributed by atoms with E-state index in [1.165, 1.54) is 0 Å². The topological polar surface area (TPSA) is 50.4 Å². The second kappa shape index (κ2) is 3.94. The molecule has 0 bridgehead atoms. The highest BCUT2D eigenvalue weighted by Gasteiger charge is 2.43. The highest BCUT2D eigenvalue weighted by molar-refractivity contribution is 8.93. The molecule has 0 aliphatic carbocycles. The normalized spacial score (nSPS) is 31.2. The number of amides is 1. The largest absolute Gasteiger partial charge is 0.343 e. The zero-order valence-corrected chi connectivity index (χ0v) is 9.34. The number of nitrogens with one attached hydrogen (secondary N) is 2. The molecule has 0 aromatic heterocycles. The van der Waals surface area contributed by atoms with Crippen LogP contribution in [-0.4, -0.2) is 30.8 Å². The predicted octanol–water partition coefficient (Wildman–Crippen LogP) is 0.179. The smallest absolute Gasteiger partial charge is 0.251 e. The van der Waals surface area contributed by atoms with Crippen LogP contribution in [0.4, 0.5) is 0 Å². The second-order valence-electron chi connectivity index (χ2n) is 3.49. The minimum Gasteiger partial charge on any atom is -0.343 e. The fraction of sp³-hybridized carbons (Fsp3) is 0.875. The third kappa shape index (κ3) is 2.03. The predicted molar refractivity (Wildman–Crippen MR) is 53.8 cm³/mol. The zero-order valence-electron chi connectivity index (χ0n) is 7.63. The summed E-state index contributed by atoms with van der Waals surface area (Å²) in [5.41, 5.74) is -0.345. The van der Waals surface area contributed by atoms with Crippen LogP contribution in [0.2, 0.25) is 0 Å². The first-order valence-corrected chi connectivity index (χ1v) is 4.42. The lowest BCUT2D eigenvalue weighted by Crippen LogP contribution is -2.50. The van der Waals surface area contributed by atoms with Gasteiger partial charge in [-0.2, -0.15) is 0 Å². The molecular formula is C8H15BrN2O2. The fourth-order valence-electron chi connectivity index (χ4n) is 1.82. The molecule has 2 N–H and O–H groups in total. The van der Waals surface area contributed by atoms with Gasteiger partial charge in [0, 0.05) is 12.8 Å². The molecule has 2 aliphatic heterocycles. The Bertz CT molecular complexity index is 204. The van der Waals surface area contributed by atoms with Crippen molar-refractivity contribution in [2.75, 3.05) is 13.1 Å². The Morgan fingerprint density at radius 2 is 2.08 bits per heavy atom. The number of carbonyl (C=O) groups is 1. The molecule has 13 heavy (non-hydrogen) atoms. The van der Waals surface area contributed by atoms with Crippen molar-refractivity contribution in [3.63, 3.8) is 0 Å². The average molecular weight is 251 g/mol. The third-order valence-electron chi connectivity index (χ3n) is 2.53. The van der Waals surface area contributed by atoms with Crippen molar-refractivity contribution >= 4 is 22.9 Å². The van der Waals surface area contributed by atoms with Gasteiger partial charge in [-0.1, -0.05) is 0 Å². The quantitative estimate of drug-likeness (QED) is 0.645. The lowest BCUT2D eigenvalue weighted by Gasteiger charge is -2.32. The molecule has 2 aliphatic rings. The van der Waals surface area contributed by atoms with E-state index in [0.717, 1.165) is 25.9 Å². The molecule has 0 radical (unpaired) electrons. The van der Waals surface area contributed by atoms with Gasteiger partial charge in [-0.25, -0.2) is 0 Å². The van der Waals surface area contributed by atoms with Crippen molar-refractivity contribution in [3.05, 3.63) is 0 Å². The Labute approximate surface area is 88.2 Å². The molecule has 2 fully saturated rings. The van der Waals surface area contributed by atoms with Crippen LogP contribution in [0, 0.1) is 0 Å². The summed E-state index contributed by atoms with van der Waals surface area (Å²) in [6.07, 6.45) is 1.48. The zero-order chi connectivity index (χ0) is 8.60. The van der Waals surface area contributed by atoms with Crippen molar-refractivity contribution in [2.45, 2.75) is 31.6 Å². The highest BCUT2D eigenvalue weighted by Crippen LogP contribution is 2.26. The van der Waals surface area contributed by atoms with E-state index in [1.807, 2.05) is 0 Å². The van der Waals surface area contributed by atoms with Crippen molar-refractivity contribution < 1.29 is 9.53 Å². The maximum absolute atomic E-state index is 11.2. The molecule has 2 heterocycles. The van der Waals surface area contributed by atoms with E-state index in [2.05, 4.69) is 10.6 Å². The van der Waals surface area contributed by atoms with Gasteiger partial charge in [-0.3, -0.25) is 4.79 Å². The van der Waals surface area contributed by atoms with Crippen molar-refractivity contribution in [2.24, 2.45) is 0 Å². The maximum Gasteiger partial charge on any atom is 0.251 e. The van der Waals surface area contributed by atoms with Crippen LogP contribution in [0.3, 0.4) is 0 Å². The molecule has 0 aromatic carbocycles. The van der Waals surface area contributed by atoms with Gasteiger partial charge in [0.15, 0.2) is 0 Å². The van der Waals surface area contributed by atoms with Crippen LogP contribution in [0.25, 0.3) is 0 Å². The molecule has 1 amide bonds. The van der Waals surface area contributed by atoms with Gasteiger partial charge < -0.3 is 15.4 Å². The molecule has 76 valence electrons. The number of piperidine rings is 1. The number of halogens is 1. The Morgan fingerprint density at radius 1 is 1.46 bits per heavy atom. The number of carbonyl (C=O) groups excluding carboxylic acids is 1. The van der Waals surface area contributed by atoms with Crippen molar-refractivity contribution in [3.8, 4) is 0 Å². The molecule has 0 saturated carbocycles. The van der Waals surface area contributed by atoms with Gasteiger partial charge in [0.1, 0.15) is 11.8 Å². The summed E-state index contributed by atoms with van der Waals surface area (Å²) < 4.78 is 5.60. The SMILES string of the molecule is Br.CC1OC2(CCNCC2)NC1=O. The van der Waals surface area contributed by atoms with Crippen molar-refractivity contribution in [1.29, 1.82) is 0 Å². The van der Waals surface area contributed by atoms with Crippen LogP contribution in [0.5, 0.6) is 0 Å². The summed E-state index contributed by atoms with van der Waals surface area (Å²) in [5, 5.41) is 6.15. The second-order valence-corrected chi connectivity index (χ2v) is 3.49. The van der Waals surface area contributed by atoms with Gasteiger partial charge in [-0.05, 0) is 20.0 Å². The van der Waals surface area contributed by atoms with Gasteiger partial charge in [0.2, 0.25) is 0 Å². The highest BCUT2D eigenvalue weighted by atomic mass is 79.9. The first kappa shape index (κ1) is 10.9. The number of rotatable bonds is 0. The molecule has 1 atom stereocenters. The van der Waals surface area contributed by atoms with E-state index in [4.69, 9.17) is 4.74 Å². The molecular weight excluding hydrogens is 236 g/mol. The van der Waals surface area contributed by atoms with Gasteiger partial charge in [0.05, 0.1) is 0 Å². The summed E-state index contributed by atoms with van der Waals surface area (Å²) in [5.74, 6) is 0.0249. The number of hydrogen-bond donors (Lipinski definition) is 2. The van der Waals surface area contributed by atoms with Gasteiger partial charge in [-0.15, -0.1) is 17.0 Å². The van der Waals surface area contributed by atoms with Crippen LogP contribution >= 0.6 is 17.0 Å². The standard InChI is InChI=1S/C8H14N2O2.BrH/c1-6-7(11)10-8(12-6)2-4-9-5-3-8;/h6,9H,2-5H2,1H3,(H,10,11);1H. The van der Waals surface area contributed by atoms with Gasteiger partial charge >= 0.3 is 0 Å². The van der Waals surface area contributed by atoms with Crippen LogP contribution in [0.1, 0.15) is 19.8 Å². The van der Waals surface area contributed by atoms with E-state index < -0.39 is 0 Å². The Hall–Kier alpha value is -0.130. The van der Waals surface area contributed by atoms with Crippen molar-refractivity contribution in [1.82, 2.24) is 10.6 Å². The first-order chi connectivity index (χ1) is 5.72. The molecule has 2 saturated heterocycles. The summed E-state index contributed by atoms with van der Waals surface area (Å²) in [6.45, 7) is 3.64. The Morgan fingerprint density at radius 3 is 2.54 bits per heavy atom. The maximum atomic E-state index is 11.2. The van der Waals surface area contributed by atoms with Crippen LogP contribution in [0.15, 0.2) is 0 Å². The van der Waals surface area contributed by atoms with E-state index in [9.17, 15) is 4.79 Å². The Kier molecular flexibility index (Phi) is 3.32. The van der Waals surface area contributed by atoms with E-state index >= 15 is 0 Å². The van der Waals surface area contributed by atoms with E-state index in [1.54, 1.807) is 6.92 Å². The summed E-state index contributed by atoms with van der Waals surface area (Å²) >= 11 is 0. The lowest BCUT2D eigenvalue weighted by atomic mass is 10.0. The summed E-state index contributed by atoms with van der Waals surface area (Å²) in [6, 6.07) is 0. The van der Waals surface area contributed by atoms with Crippen LogP contribution in [-0.2, 0) is 9.53 Å². The Balaban J connectivity index is 0.000000845. The first-order valence-electron chi connectivity index (χ1n) is 4.42. The van der Waals surface area contributed by atoms with E-state index in [0.29, 0.717) is 0 Å². The van der Waals surface area contributed by atoms with Gasteiger partial charge in [0.25, 0.3) is 5.91 Å². The molecule has 1 unspecified atom stereocenters. The monoisotopic (exact) mass is 250 g/mol. The molecule has 1 spiro atoms. The minimum absolute atomic E-state index is 0. The summed E-state index contributed by atoms with van der Waals surface area (Å²) in [7, 11) is 0. The number of hydrogen-bond acceptors (Lipinski definition) is 3. The minimum atomic E-state index is -0.345. The molecule has 2 rings (SSSR count). The van der Waals surface area contributed by atoms with E-state index in [-0.39, 0.29) is 34.7 Å².